The highest BCUT2D eigenvalue weighted by molar-refractivity contribution is 7.86. The first-order chi connectivity index (χ1) is 7.82. The van der Waals surface area contributed by atoms with Gasteiger partial charge in [0.05, 0.1) is 11.4 Å². The molecule has 0 saturated carbocycles. The summed E-state index contributed by atoms with van der Waals surface area (Å²) in [7, 11) is 0. The van der Waals surface area contributed by atoms with Crippen molar-refractivity contribution in [3.05, 3.63) is 34.9 Å². The van der Waals surface area contributed by atoms with Crippen LogP contribution in [0.25, 0.3) is 0 Å². The molecule has 0 bridgehead atoms. The smallest absolute Gasteiger partial charge is 0.253 e. The van der Waals surface area contributed by atoms with E-state index >= 15 is 0 Å². The minimum atomic E-state index is -3.35. The molecule has 2 aromatic heterocycles. The Morgan fingerprint density at radius 2 is 1.35 bits per heavy atom. The summed E-state index contributed by atoms with van der Waals surface area (Å²) in [5, 5.41) is 8.34. The van der Waals surface area contributed by atoms with Crippen LogP contribution in [0.2, 0.25) is 0 Å². The zero-order chi connectivity index (χ0) is 12.8. The predicted molar refractivity (Wildman–Crippen MR) is 67.7 cm³/mol. The van der Waals surface area contributed by atoms with Crippen molar-refractivity contribution in [2.75, 3.05) is 0 Å². The maximum Gasteiger partial charge on any atom is 0.391 e. The van der Waals surface area contributed by atoms with Gasteiger partial charge in [-0.05, 0) is 51.1 Å². The summed E-state index contributed by atoms with van der Waals surface area (Å²) >= 11 is 6.18. The number of aromatic nitrogens is 4. The third-order valence-corrected chi connectivity index (χ3v) is 5.04. The van der Waals surface area contributed by atoms with Gasteiger partial charge >= 0.3 is 6.80 Å². The molecule has 92 valence electrons. The van der Waals surface area contributed by atoms with Crippen molar-refractivity contribution in [1.82, 2.24) is 19.1 Å². The van der Waals surface area contributed by atoms with Crippen LogP contribution in [-0.4, -0.2) is 19.1 Å². The Morgan fingerprint density at radius 1 is 1.00 bits per heavy atom. The van der Waals surface area contributed by atoms with Crippen LogP contribution in [-0.2, 0) is 4.57 Å². The van der Waals surface area contributed by atoms with E-state index in [0.29, 0.717) is 0 Å². The topological polar surface area (TPSA) is 52.7 Å². The fraction of sp³-hybridized carbons (Fsp3) is 0.400. The van der Waals surface area contributed by atoms with E-state index in [1.165, 1.54) is 8.90 Å². The lowest BCUT2D eigenvalue weighted by atomic mass is 10.4. The van der Waals surface area contributed by atoms with E-state index in [-0.39, 0.29) is 0 Å². The summed E-state index contributed by atoms with van der Waals surface area (Å²) in [6.07, 6.45) is 0. The van der Waals surface area contributed by atoms with Gasteiger partial charge in [0.25, 0.3) is 0 Å². The van der Waals surface area contributed by atoms with Crippen LogP contribution in [0.4, 0.5) is 0 Å². The molecule has 0 fully saturated rings. The fourth-order valence-corrected chi connectivity index (χ4v) is 4.29. The summed E-state index contributed by atoms with van der Waals surface area (Å²) in [4.78, 5) is 0. The van der Waals surface area contributed by atoms with Crippen LogP contribution in [0, 0.1) is 27.7 Å². The van der Waals surface area contributed by atoms with Gasteiger partial charge in [0.15, 0.2) is 0 Å². The molecule has 0 amide bonds. The maximum atomic E-state index is 12.7. The van der Waals surface area contributed by atoms with E-state index in [4.69, 9.17) is 11.2 Å². The number of aryl methyl sites for hydroxylation is 4. The average molecular weight is 273 g/mol. The molecule has 0 aliphatic carbocycles. The van der Waals surface area contributed by atoms with Crippen LogP contribution < -0.4 is 0 Å². The van der Waals surface area contributed by atoms with Gasteiger partial charge in [0.2, 0.25) is 0 Å². The van der Waals surface area contributed by atoms with Crippen molar-refractivity contribution >= 4 is 18.0 Å². The Labute approximate surface area is 105 Å². The zero-order valence-corrected chi connectivity index (χ0v) is 11.8. The standard InChI is InChI=1S/C10H14ClN4OP/c1-7-5-9(3)14(12-7)17(11,16)15-10(4)6-8(2)13-15/h5-6H,1-4H3. The number of hydrogen-bond donors (Lipinski definition) is 0. The first-order valence-electron chi connectivity index (χ1n) is 5.20. The number of nitrogens with zero attached hydrogens (tertiary/aromatic N) is 4. The average Bonchev–Trinajstić information content (AvgIpc) is 2.70. The van der Waals surface area contributed by atoms with Crippen LogP contribution in [0.3, 0.4) is 0 Å². The van der Waals surface area contributed by atoms with Crippen molar-refractivity contribution in [2.24, 2.45) is 0 Å². The normalized spacial score (nSPS) is 12.1. The van der Waals surface area contributed by atoms with Gasteiger partial charge in [0, 0.05) is 11.4 Å². The lowest BCUT2D eigenvalue weighted by molar-refractivity contribution is 0.559. The zero-order valence-electron chi connectivity index (χ0n) is 10.2. The predicted octanol–water partition coefficient (Wildman–Crippen LogP) is 3.06. The molecule has 0 aromatic carbocycles. The van der Waals surface area contributed by atoms with E-state index in [1.807, 2.05) is 39.8 Å². The third-order valence-electron chi connectivity index (χ3n) is 2.44. The van der Waals surface area contributed by atoms with Gasteiger partial charge in [-0.1, -0.05) is 0 Å². The molecular formula is C10H14ClN4OP. The van der Waals surface area contributed by atoms with Crippen LogP contribution in [0.15, 0.2) is 12.1 Å². The van der Waals surface area contributed by atoms with Gasteiger partial charge in [-0.2, -0.15) is 19.1 Å². The molecule has 0 aliphatic rings. The monoisotopic (exact) mass is 272 g/mol. The number of hydrogen-bond acceptors (Lipinski definition) is 3. The van der Waals surface area contributed by atoms with Gasteiger partial charge in [-0.3, -0.25) is 4.57 Å². The quantitative estimate of drug-likeness (QED) is 0.790. The molecular weight excluding hydrogens is 259 g/mol. The molecule has 0 spiro atoms. The lowest BCUT2D eigenvalue weighted by Crippen LogP contribution is -2.07. The molecule has 5 nitrogen and oxygen atoms in total. The van der Waals surface area contributed by atoms with Crippen molar-refractivity contribution in [3.63, 3.8) is 0 Å². The Balaban J connectivity index is 2.61. The van der Waals surface area contributed by atoms with E-state index in [2.05, 4.69) is 10.2 Å². The minimum absolute atomic E-state index is 0.758. The Hall–Kier alpha value is -1.06. The first-order valence-corrected chi connectivity index (χ1v) is 7.72. The number of rotatable bonds is 2. The Bertz CT molecular complexity index is 566. The Morgan fingerprint density at radius 3 is 1.59 bits per heavy atom. The summed E-state index contributed by atoms with van der Waals surface area (Å²) < 4.78 is 15.4. The third kappa shape index (κ3) is 2.05. The van der Waals surface area contributed by atoms with Crippen molar-refractivity contribution in [2.45, 2.75) is 27.7 Å². The molecule has 2 aromatic rings. The molecule has 2 heterocycles. The van der Waals surface area contributed by atoms with Crippen molar-refractivity contribution < 1.29 is 4.57 Å². The van der Waals surface area contributed by atoms with Crippen LogP contribution in [0.1, 0.15) is 22.8 Å². The molecule has 0 saturated heterocycles. The summed E-state index contributed by atoms with van der Waals surface area (Å²) in [5.74, 6) is 0. The van der Waals surface area contributed by atoms with E-state index in [0.717, 1.165) is 22.8 Å². The van der Waals surface area contributed by atoms with Gasteiger partial charge in [-0.25, -0.2) is 0 Å². The maximum absolute atomic E-state index is 12.7. The Kier molecular flexibility index (Phi) is 2.92. The van der Waals surface area contributed by atoms with E-state index in [9.17, 15) is 4.57 Å². The molecule has 0 atom stereocenters. The van der Waals surface area contributed by atoms with Gasteiger partial charge in [0.1, 0.15) is 0 Å². The molecule has 0 aliphatic heterocycles. The summed E-state index contributed by atoms with van der Waals surface area (Å²) in [6, 6.07) is 3.67. The van der Waals surface area contributed by atoms with E-state index < -0.39 is 6.80 Å². The molecule has 17 heavy (non-hydrogen) atoms. The summed E-state index contributed by atoms with van der Waals surface area (Å²) in [5.41, 5.74) is 3.08. The summed E-state index contributed by atoms with van der Waals surface area (Å²) in [6.45, 7) is 3.96. The molecule has 2 rings (SSSR count). The lowest BCUT2D eigenvalue weighted by Gasteiger charge is -2.14. The van der Waals surface area contributed by atoms with Gasteiger partial charge < -0.3 is 0 Å². The molecule has 7 heteroatoms. The fourth-order valence-electron chi connectivity index (χ4n) is 1.81. The SMILES string of the molecule is Cc1cc(C)n(P(=O)(Cl)n2nc(C)cc2C)n1. The highest BCUT2D eigenvalue weighted by Crippen LogP contribution is 2.54. The van der Waals surface area contributed by atoms with Crippen molar-refractivity contribution in [3.8, 4) is 0 Å². The largest absolute Gasteiger partial charge is 0.391 e. The first kappa shape index (κ1) is 12.4. The second-order valence-electron chi connectivity index (χ2n) is 4.11. The number of halogens is 1. The minimum Gasteiger partial charge on any atom is -0.253 e. The molecule has 0 radical (unpaired) electrons. The van der Waals surface area contributed by atoms with Crippen LogP contribution >= 0.6 is 18.0 Å². The van der Waals surface area contributed by atoms with Crippen molar-refractivity contribution in [1.29, 1.82) is 0 Å². The second-order valence-corrected chi connectivity index (χ2v) is 7.13. The second kappa shape index (κ2) is 4.00. The van der Waals surface area contributed by atoms with Gasteiger partial charge in [-0.15, -0.1) is 0 Å². The molecule has 0 N–H and O–H groups in total. The highest BCUT2D eigenvalue weighted by Gasteiger charge is 2.29. The highest BCUT2D eigenvalue weighted by atomic mass is 35.7. The van der Waals surface area contributed by atoms with E-state index in [1.54, 1.807) is 0 Å². The molecule has 0 unspecified atom stereocenters. The van der Waals surface area contributed by atoms with Crippen LogP contribution in [0.5, 0.6) is 0 Å².